The lowest BCUT2D eigenvalue weighted by Crippen LogP contribution is -2.38. The normalized spacial score (nSPS) is 19.3. The van der Waals surface area contributed by atoms with Gasteiger partial charge in [0.15, 0.2) is 5.65 Å². The van der Waals surface area contributed by atoms with Gasteiger partial charge in [0, 0.05) is 51.6 Å². The molecule has 0 unspecified atom stereocenters. The number of nitrogens with zero attached hydrogens (tertiary/aromatic N) is 4. The first-order valence-electron chi connectivity index (χ1n) is 11.3. The number of fused-ring (bicyclic) bond motifs is 1. The van der Waals surface area contributed by atoms with Crippen molar-refractivity contribution < 1.29 is 9.59 Å². The summed E-state index contributed by atoms with van der Waals surface area (Å²) in [6.45, 7) is 6.98. The van der Waals surface area contributed by atoms with E-state index >= 15 is 0 Å². The molecule has 7 nitrogen and oxygen atoms in total. The summed E-state index contributed by atoms with van der Waals surface area (Å²) in [7, 11) is 0. The zero-order valence-corrected chi connectivity index (χ0v) is 18.2. The third kappa shape index (κ3) is 4.50. The van der Waals surface area contributed by atoms with Gasteiger partial charge in [-0.05, 0) is 36.3 Å². The maximum absolute atomic E-state index is 13.2. The highest BCUT2D eigenvalue weighted by molar-refractivity contribution is 5.80. The number of nitrogens with one attached hydrogen (secondary N) is 1. The molecule has 3 heterocycles. The number of aromatic nitrogens is 3. The summed E-state index contributed by atoms with van der Waals surface area (Å²) in [4.78, 5) is 36.2. The fraction of sp³-hybridized carbons (Fsp3) is 0.652. The molecule has 0 atom stereocenters. The second kappa shape index (κ2) is 8.74. The standard InChI is InChI=1S/C23H33N5O2/c1-17(2)16-28-19(26-18-6-5-10-25-22(18)28)14-23(8-3-4-9-23)15-21(30)27-12-7-20(29)24-11-13-27/h5-6,10,17H,3-4,7-9,11-16H2,1-2H3,(H,24,29). The van der Waals surface area contributed by atoms with Gasteiger partial charge in [0.25, 0.3) is 0 Å². The summed E-state index contributed by atoms with van der Waals surface area (Å²) in [6, 6.07) is 3.96. The van der Waals surface area contributed by atoms with E-state index in [1.807, 2.05) is 23.2 Å². The zero-order chi connectivity index (χ0) is 21.1. The Kier molecular flexibility index (Phi) is 6.06. The molecular weight excluding hydrogens is 378 g/mol. The molecule has 1 saturated carbocycles. The van der Waals surface area contributed by atoms with Crippen molar-refractivity contribution in [2.75, 3.05) is 19.6 Å². The average molecular weight is 412 g/mol. The van der Waals surface area contributed by atoms with Crippen LogP contribution in [0.5, 0.6) is 0 Å². The van der Waals surface area contributed by atoms with E-state index in [1.54, 1.807) is 0 Å². The lowest BCUT2D eigenvalue weighted by atomic mass is 9.78. The molecule has 0 aromatic carbocycles. The molecule has 0 bridgehead atoms. The third-order valence-electron chi connectivity index (χ3n) is 6.52. The van der Waals surface area contributed by atoms with Gasteiger partial charge in [0.05, 0.1) is 0 Å². The molecule has 30 heavy (non-hydrogen) atoms. The van der Waals surface area contributed by atoms with Crippen molar-refractivity contribution in [2.24, 2.45) is 11.3 Å². The van der Waals surface area contributed by atoms with Crippen LogP contribution >= 0.6 is 0 Å². The number of hydrogen-bond acceptors (Lipinski definition) is 4. The van der Waals surface area contributed by atoms with Gasteiger partial charge in [-0.25, -0.2) is 9.97 Å². The Labute approximate surface area is 178 Å². The zero-order valence-electron chi connectivity index (χ0n) is 18.2. The van der Waals surface area contributed by atoms with E-state index < -0.39 is 0 Å². The summed E-state index contributed by atoms with van der Waals surface area (Å²) < 4.78 is 2.26. The maximum Gasteiger partial charge on any atom is 0.223 e. The van der Waals surface area contributed by atoms with Crippen molar-refractivity contribution in [1.29, 1.82) is 0 Å². The minimum Gasteiger partial charge on any atom is -0.354 e. The van der Waals surface area contributed by atoms with E-state index in [0.717, 1.165) is 55.6 Å². The second-order valence-electron chi connectivity index (χ2n) is 9.42. The van der Waals surface area contributed by atoms with Gasteiger partial charge in [0.1, 0.15) is 11.3 Å². The Morgan fingerprint density at radius 1 is 1.27 bits per heavy atom. The van der Waals surface area contributed by atoms with Crippen LogP contribution in [0.2, 0.25) is 0 Å². The minimum atomic E-state index is -0.0447. The van der Waals surface area contributed by atoms with Crippen LogP contribution in [-0.4, -0.2) is 50.9 Å². The van der Waals surface area contributed by atoms with Crippen molar-refractivity contribution in [1.82, 2.24) is 24.8 Å². The molecule has 7 heteroatoms. The van der Waals surface area contributed by atoms with E-state index in [2.05, 4.69) is 28.7 Å². The Morgan fingerprint density at radius 2 is 2.07 bits per heavy atom. The number of rotatable bonds is 6. The smallest absolute Gasteiger partial charge is 0.223 e. The number of carbonyl (C=O) groups excluding carboxylic acids is 2. The van der Waals surface area contributed by atoms with Gasteiger partial charge in [-0.3, -0.25) is 9.59 Å². The molecule has 2 aromatic rings. The van der Waals surface area contributed by atoms with E-state index in [9.17, 15) is 9.59 Å². The molecule has 2 aromatic heterocycles. The number of amides is 2. The molecule has 0 spiro atoms. The van der Waals surface area contributed by atoms with Gasteiger partial charge in [-0.2, -0.15) is 0 Å². The summed E-state index contributed by atoms with van der Waals surface area (Å²) >= 11 is 0. The summed E-state index contributed by atoms with van der Waals surface area (Å²) in [6.07, 6.45) is 8.02. The van der Waals surface area contributed by atoms with Crippen molar-refractivity contribution in [3.63, 3.8) is 0 Å². The molecule has 1 saturated heterocycles. The van der Waals surface area contributed by atoms with E-state index in [0.29, 0.717) is 38.4 Å². The molecule has 1 aliphatic heterocycles. The average Bonchev–Trinajstić information content (AvgIpc) is 3.21. The molecule has 0 radical (unpaired) electrons. The van der Waals surface area contributed by atoms with Gasteiger partial charge in [-0.15, -0.1) is 0 Å². The fourth-order valence-corrected chi connectivity index (χ4v) is 5.02. The van der Waals surface area contributed by atoms with Crippen LogP contribution in [-0.2, 0) is 22.6 Å². The quantitative estimate of drug-likeness (QED) is 0.793. The number of pyridine rings is 1. The molecule has 2 amide bonds. The van der Waals surface area contributed by atoms with Crippen LogP contribution in [0.3, 0.4) is 0 Å². The lowest BCUT2D eigenvalue weighted by molar-refractivity contribution is -0.133. The van der Waals surface area contributed by atoms with Crippen LogP contribution in [0.1, 0.15) is 58.2 Å². The van der Waals surface area contributed by atoms with Crippen molar-refractivity contribution >= 4 is 23.0 Å². The highest BCUT2D eigenvalue weighted by Crippen LogP contribution is 2.44. The second-order valence-corrected chi connectivity index (χ2v) is 9.42. The largest absolute Gasteiger partial charge is 0.354 e. The minimum absolute atomic E-state index is 0.0378. The maximum atomic E-state index is 13.2. The predicted molar refractivity (Wildman–Crippen MR) is 116 cm³/mol. The number of imidazole rings is 1. The Balaban J connectivity index is 1.57. The summed E-state index contributed by atoms with van der Waals surface area (Å²) in [5.74, 6) is 1.76. The highest BCUT2D eigenvalue weighted by atomic mass is 16.2. The number of carbonyl (C=O) groups is 2. The van der Waals surface area contributed by atoms with Crippen molar-refractivity contribution in [3.05, 3.63) is 24.2 Å². The topological polar surface area (TPSA) is 80.1 Å². The molecule has 1 N–H and O–H groups in total. The lowest BCUT2D eigenvalue weighted by Gasteiger charge is -2.31. The van der Waals surface area contributed by atoms with Gasteiger partial charge >= 0.3 is 0 Å². The Hall–Kier alpha value is -2.44. The molecule has 4 rings (SSSR count). The summed E-state index contributed by atoms with van der Waals surface area (Å²) in [5, 5.41) is 2.86. The van der Waals surface area contributed by atoms with E-state index in [4.69, 9.17) is 4.98 Å². The molecule has 2 fully saturated rings. The fourth-order valence-electron chi connectivity index (χ4n) is 5.02. The van der Waals surface area contributed by atoms with E-state index in [1.165, 1.54) is 0 Å². The summed E-state index contributed by atoms with van der Waals surface area (Å²) in [5.41, 5.74) is 1.83. The van der Waals surface area contributed by atoms with Crippen LogP contribution < -0.4 is 5.32 Å². The third-order valence-corrected chi connectivity index (χ3v) is 6.52. The molecular formula is C23H33N5O2. The van der Waals surface area contributed by atoms with Crippen LogP contribution in [0.4, 0.5) is 0 Å². The number of hydrogen-bond donors (Lipinski definition) is 1. The first kappa shape index (κ1) is 20.8. The Morgan fingerprint density at radius 3 is 2.83 bits per heavy atom. The molecule has 1 aliphatic carbocycles. The van der Waals surface area contributed by atoms with Crippen LogP contribution in [0.25, 0.3) is 11.2 Å². The van der Waals surface area contributed by atoms with Crippen LogP contribution in [0.15, 0.2) is 18.3 Å². The van der Waals surface area contributed by atoms with Crippen molar-refractivity contribution in [2.45, 2.75) is 65.3 Å². The molecule has 162 valence electrons. The predicted octanol–water partition coefficient (Wildman–Crippen LogP) is 2.93. The van der Waals surface area contributed by atoms with Gasteiger partial charge in [0.2, 0.25) is 11.8 Å². The Bertz CT molecular complexity index is 913. The van der Waals surface area contributed by atoms with Gasteiger partial charge in [-0.1, -0.05) is 26.7 Å². The van der Waals surface area contributed by atoms with Crippen LogP contribution in [0, 0.1) is 11.3 Å². The van der Waals surface area contributed by atoms with Gasteiger partial charge < -0.3 is 14.8 Å². The van der Waals surface area contributed by atoms with Crippen molar-refractivity contribution in [3.8, 4) is 0 Å². The monoisotopic (exact) mass is 411 g/mol. The van der Waals surface area contributed by atoms with E-state index in [-0.39, 0.29) is 17.2 Å². The molecule has 2 aliphatic rings. The first-order valence-corrected chi connectivity index (χ1v) is 11.3. The first-order chi connectivity index (χ1) is 14.5. The highest BCUT2D eigenvalue weighted by Gasteiger charge is 2.39. The SMILES string of the molecule is CC(C)Cn1c(CC2(CC(=O)N3CCNC(=O)CC3)CCCC2)nc2cccnc21.